The molecule has 4 aromatic rings. The number of benzene rings is 2. The van der Waals surface area contributed by atoms with Gasteiger partial charge in [-0.1, -0.05) is 36.4 Å². The summed E-state index contributed by atoms with van der Waals surface area (Å²) in [5.41, 5.74) is 2.05. The molecule has 4 rings (SSSR count). The molecule has 0 bridgehead atoms. The Bertz CT molecular complexity index is 932. The summed E-state index contributed by atoms with van der Waals surface area (Å²) in [6, 6.07) is 21.0. The highest BCUT2D eigenvalue weighted by Gasteiger charge is 2.06. The van der Waals surface area contributed by atoms with Gasteiger partial charge < -0.3 is 0 Å². The van der Waals surface area contributed by atoms with Crippen LogP contribution in [0.3, 0.4) is 0 Å². The van der Waals surface area contributed by atoms with Crippen molar-refractivity contribution < 1.29 is 0 Å². The molecular formula is C19H14N2S2. The number of rotatable bonds is 4. The predicted molar refractivity (Wildman–Crippen MR) is 98.9 cm³/mol. The molecule has 0 radical (unpaired) electrons. The fourth-order valence-corrected chi connectivity index (χ4v) is 4.13. The summed E-state index contributed by atoms with van der Waals surface area (Å²) < 4.78 is 0. The highest BCUT2D eigenvalue weighted by molar-refractivity contribution is 7.98. The lowest BCUT2D eigenvalue weighted by atomic mass is 10.1. The Kier molecular flexibility index (Phi) is 4.09. The molecule has 2 heterocycles. The smallest absolute Gasteiger partial charge is 0.142 e. The largest absolute Gasteiger partial charge is 0.254 e. The van der Waals surface area contributed by atoms with Crippen LogP contribution in [0, 0.1) is 0 Å². The highest BCUT2D eigenvalue weighted by atomic mass is 32.2. The van der Waals surface area contributed by atoms with Gasteiger partial charge in [-0.25, -0.2) is 4.98 Å². The summed E-state index contributed by atoms with van der Waals surface area (Å²) in [5, 5.41) is 5.67. The molecule has 2 nitrogen and oxygen atoms in total. The van der Waals surface area contributed by atoms with Gasteiger partial charge in [0.25, 0.3) is 0 Å². The molecule has 0 saturated heterocycles. The summed E-state index contributed by atoms with van der Waals surface area (Å²) in [4.78, 5) is 10.3. The van der Waals surface area contributed by atoms with Gasteiger partial charge in [0, 0.05) is 22.2 Å². The van der Waals surface area contributed by atoms with Crippen LogP contribution in [-0.4, -0.2) is 9.97 Å². The molecule has 23 heavy (non-hydrogen) atoms. The van der Waals surface area contributed by atoms with Crippen molar-refractivity contribution in [2.75, 3.05) is 0 Å². The molecule has 0 aliphatic carbocycles. The monoisotopic (exact) mass is 334 g/mol. The van der Waals surface area contributed by atoms with E-state index < -0.39 is 0 Å². The van der Waals surface area contributed by atoms with Gasteiger partial charge in [0.15, 0.2) is 0 Å². The van der Waals surface area contributed by atoms with Crippen molar-refractivity contribution in [1.29, 1.82) is 0 Å². The van der Waals surface area contributed by atoms with Crippen molar-refractivity contribution >= 4 is 33.9 Å². The molecular weight excluding hydrogens is 320 g/mol. The lowest BCUT2D eigenvalue weighted by Gasteiger charge is -2.02. The molecule has 0 N–H and O–H groups in total. The second kappa shape index (κ2) is 6.52. The topological polar surface area (TPSA) is 25.8 Å². The van der Waals surface area contributed by atoms with Crippen LogP contribution in [0.1, 0.15) is 5.69 Å². The Balaban J connectivity index is 1.49. The van der Waals surface area contributed by atoms with Crippen molar-refractivity contribution in [3.05, 3.63) is 77.9 Å². The molecule has 0 spiro atoms. The fourth-order valence-electron chi connectivity index (χ4n) is 2.39. The number of hydrogen-bond donors (Lipinski definition) is 0. The van der Waals surface area contributed by atoms with E-state index in [-0.39, 0.29) is 0 Å². The Labute approximate surface area is 143 Å². The zero-order chi connectivity index (χ0) is 15.5. The fraction of sp³-hybridized carbons (Fsp3) is 0.0526. The number of aromatic nitrogens is 2. The quantitative estimate of drug-likeness (QED) is 0.451. The number of nitrogens with zero attached hydrogens (tertiary/aromatic N) is 2. The lowest BCUT2D eigenvalue weighted by Crippen LogP contribution is -1.84. The third-order valence-electron chi connectivity index (χ3n) is 3.54. The average molecular weight is 334 g/mol. The molecule has 2 aromatic carbocycles. The lowest BCUT2D eigenvalue weighted by molar-refractivity contribution is 1.21. The van der Waals surface area contributed by atoms with Gasteiger partial charge in [-0.2, -0.15) is 0 Å². The van der Waals surface area contributed by atoms with Crippen molar-refractivity contribution in [2.45, 2.75) is 10.6 Å². The second-order valence-electron chi connectivity index (χ2n) is 5.16. The van der Waals surface area contributed by atoms with E-state index >= 15 is 0 Å². The van der Waals surface area contributed by atoms with Gasteiger partial charge in [-0.05, 0) is 35.0 Å². The maximum Gasteiger partial charge on any atom is 0.142 e. The van der Waals surface area contributed by atoms with E-state index in [4.69, 9.17) is 4.98 Å². The summed E-state index contributed by atoms with van der Waals surface area (Å²) >= 11 is 3.47. The maximum absolute atomic E-state index is 4.69. The third-order valence-corrected chi connectivity index (χ3v) is 5.48. The SMILES string of the molecule is c1ccc(-c2nc(CSc3ccc4ccccc4c3)cs2)nc1. The number of hydrogen-bond acceptors (Lipinski definition) is 4. The maximum atomic E-state index is 4.69. The van der Waals surface area contributed by atoms with Crippen LogP contribution in [-0.2, 0) is 5.75 Å². The Hall–Kier alpha value is -2.17. The van der Waals surface area contributed by atoms with Gasteiger partial charge in [-0.3, -0.25) is 4.98 Å². The molecule has 0 unspecified atom stereocenters. The standard InChI is InChI=1S/C19H14N2S2/c1-2-6-15-11-17(9-8-14(15)5-1)22-12-16-13-23-19(21-16)18-7-3-4-10-20-18/h1-11,13H,12H2. The number of pyridine rings is 1. The zero-order valence-corrected chi connectivity index (χ0v) is 14.0. The predicted octanol–water partition coefficient (Wildman–Crippen LogP) is 5.65. The normalized spacial score (nSPS) is 11.0. The van der Waals surface area contributed by atoms with E-state index in [2.05, 4.69) is 52.8 Å². The number of thiazole rings is 1. The average Bonchev–Trinajstić information content (AvgIpc) is 3.10. The minimum atomic E-state index is 0.877. The number of thioether (sulfide) groups is 1. The molecule has 4 heteroatoms. The van der Waals surface area contributed by atoms with E-state index in [9.17, 15) is 0 Å². The van der Waals surface area contributed by atoms with E-state index in [0.717, 1.165) is 22.1 Å². The summed E-state index contributed by atoms with van der Waals surface area (Å²) in [6.07, 6.45) is 1.81. The Morgan fingerprint density at radius 1 is 0.913 bits per heavy atom. The number of fused-ring (bicyclic) bond motifs is 1. The van der Waals surface area contributed by atoms with E-state index in [1.54, 1.807) is 17.5 Å². The van der Waals surface area contributed by atoms with E-state index in [1.165, 1.54) is 15.7 Å². The van der Waals surface area contributed by atoms with Gasteiger partial charge in [0.05, 0.1) is 11.4 Å². The van der Waals surface area contributed by atoms with Crippen LogP contribution in [0.15, 0.2) is 77.1 Å². The Morgan fingerprint density at radius 3 is 2.65 bits per heavy atom. The van der Waals surface area contributed by atoms with Gasteiger partial charge in [-0.15, -0.1) is 23.1 Å². The first-order chi connectivity index (χ1) is 11.4. The van der Waals surface area contributed by atoms with E-state index in [0.29, 0.717) is 0 Å². The van der Waals surface area contributed by atoms with Crippen LogP contribution in [0.4, 0.5) is 0 Å². The molecule has 0 aliphatic heterocycles. The molecule has 0 amide bonds. The first-order valence-electron chi connectivity index (χ1n) is 7.36. The van der Waals surface area contributed by atoms with Crippen LogP contribution >= 0.6 is 23.1 Å². The van der Waals surface area contributed by atoms with Crippen LogP contribution in [0.5, 0.6) is 0 Å². The van der Waals surface area contributed by atoms with Crippen molar-refractivity contribution in [2.24, 2.45) is 0 Å². The first kappa shape index (κ1) is 14.4. The van der Waals surface area contributed by atoms with Crippen molar-refractivity contribution in [1.82, 2.24) is 9.97 Å². The molecule has 0 atom stereocenters. The molecule has 112 valence electrons. The van der Waals surface area contributed by atoms with Crippen LogP contribution < -0.4 is 0 Å². The van der Waals surface area contributed by atoms with E-state index in [1.807, 2.05) is 30.0 Å². The minimum Gasteiger partial charge on any atom is -0.254 e. The minimum absolute atomic E-state index is 0.877. The highest BCUT2D eigenvalue weighted by Crippen LogP contribution is 2.28. The summed E-state index contributed by atoms with van der Waals surface area (Å²) in [5.74, 6) is 0.877. The third kappa shape index (κ3) is 3.28. The second-order valence-corrected chi connectivity index (χ2v) is 7.06. The molecule has 0 saturated carbocycles. The first-order valence-corrected chi connectivity index (χ1v) is 9.22. The molecule has 2 aromatic heterocycles. The van der Waals surface area contributed by atoms with Gasteiger partial charge in [0.1, 0.15) is 5.01 Å². The molecule has 0 fully saturated rings. The van der Waals surface area contributed by atoms with Crippen LogP contribution in [0.25, 0.3) is 21.5 Å². The zero-order valence-electron chi connectivity index (χ0n) is 12.3. The van der Waals surface area contributed by atoms with Gasteiger partial charge in [0.2, 0.25) is 0 Å². The van der Waals surface area contributed by atoms with Gasteiger partial charge >= 0.3 is 0 Å². The molecule has 0 aliphatic rings. The summed E-state index contributed by atoms with van der Waals surface area (Å²) in [7, 11) is 0. The Morgan fingerprint density at radius 2 is 1.78 bits per heavy atom. The van der Waals surface area contributed by atoms with Crippen LogP contribution in [0.2, 0.25) is 0 Å². The summed E-state index contributed by atoms with van der Waals surface area (Å²) in [6.45, 7) is 0. The van der Waals surface area contributed by atoms with Crippen molar-refractivity contribution in [3.8, 4) is 10.7 Å². The van der Waals surface area contributed by atoms with Crippen molar-refractivity contribution in [3.63, 3.8) is 0 Å².